The number of pyridine rings is 1. The molecule has 0 unspecified atom stereocenters. The van der Waals surface area contributed by atoms with E-state index < -0.39 is 6.36 Å². The summed E-state index contributed by atoms with van der Waals surface area (Å²) in [5, 5.41) is 3.35. The first kappa shape index (κ1) is 23.4. The van der Waals surface area contributed by atoms with Crippen LogP contribution in [0.5, 0.6) is 5.75 Å². The van der Waals surface area contributed by atoms with Crippen molar-refractivity contribution in [2.45, 2.75) is 19.8 Å². The molecule has 10 heteroatoms. The number of halogens is 4. The van der Waals surface area contributed by atoms with Crippen LogP contribution < -0.4 is 15.0 Å². The molecule has 1 aromatic heterocycles. The van der Waals surface area contributed by atoms with E-state index in [4.69, 9.17) is 11.6 Å². The maximum atomic E-state index is 12.7. The van der Waals surface area contributed by atoms with Crippen LogP contribution >= 0.6 is 11.6 Å². The summed E-state index contributed by atoms with van der Waals surface area (Å²) in [6, 6.07) is 14.2. The number of anilines is 2. The Labute approximate surface area is 199 Å². The Bertz CT molecular complexity index is 1220. The van der Waals surface area contributed by atoms with Crippen molar-refractivity contribution in [3.05, 3.63) is 95.0 Å². The second-order valence-electron chi connectivity index (χ2n) is 7.62. The van der Waals surface area contributed by atoms with Crippen LogP contribution in [0, 0.1) is 0 Å². The quantitative estimate of drug-likeness (QED) is 0.459. The van der Waals surface area contributed by atoms with E-state index in [1.807, 2.05) is 24.1 Å². The van der Waals surface area contributed by atoms with E-state index in [0.717, 1.165) is 16.9 Å². The summed E-state index contributed by atoms with van der Waals surface area (Å²) in [6.45, 7) is 2.91. The number of hydrogen-bond acceptors (Lipinski definition) is 5. The van der Waals surface area contributed by atoms with E-state index in [0.29, 0.717) is 29.5 Å². The molecule has 3 aromatic rings. The molecule has 176 valence electrons. The monoisotopic (exact) mass is 488 g/mol. The highest BCUT2D eigenvalue weighted by Gasteiger charge is 2.31. The number of carbonyl (C=O) groups excluding carboxylic acids is 1. The maximum Gasteiger partial charge on any atom is 0.573 e. The molecule has 34 heavy (non-hydrogen) atoms. The maximum absolute atomic E-state index is 12.7. The Kier molecular flexibility index (Phi) is 6.65. The molecular weight excluding hydrogens is 469 g/mol. The highest BCUT2D eigenvalue weighted by molar-refractivity contribution is 6.31. The third-order valence-corrected chi connectivity index (χ3v) is 5.41. The first-order chi connectivity index (χ1) is 16.2. The molecule has 0 radical (unpaired) electrons. The molecule has 0 aliphatic carbocycles. The predicted molar refractivity (Wildman–Crippen MR) is 123 cm³/mol. The van der Waals surface area contributed by atoms with Crippen LogP contribution in [0.25, 0.3) is 0 Å². The van der Waals surface area contributed by atoms with Gasteiger partial charge in [-0.1, -0.05) is 17.7 Å². The van der Waals surface area contributed by atoms with Gasteiger partial charge in [-0.2, -0.15) is 0 Å². The zero-order valence-corrected chi connectivity index (χ0v) is 18.8. The van der Waals surface area contributed by atoms with Gasteiger partial charge in [-0.15, -0.1) is 13.2 Å². The number of nitrogens with zero attached hydrogens (tertiary/aromatic N) is 3. The molecule has 0 fully saturated rings. The minimum absolute atomic E-state index is 0.273. The second kappa shape index (κ2) is 9.64. The zero-order valence-electron chi connectivity index (χ0n) is 18.0. The summed E-state index contributed by atoms with van der Waals surface area (Å²) in [6.07, 6.45) is 0.415. The molecule has 0 spiro atoms. The van der Waals surface area contributed by atoms with Crippen LogP contribution in [-0.2, 0) is 6.54 Å². The average Bonchev–Trinajstić information content (AvgIpc) is 3.14. The molecule has 1 aliphatic heterocycles. The Morgan fingerprint density at radius 2 is 1.94 bits per heavy atom. The van der Waals surface area contributed by atoms with Crippen LogP contribution in [0.2, 0.25) is 5.02 Å². The predicted octanol–water partition coefficient (Wildman–Crippen LogP) is 6.03. The van der Waals surface area contributed by atoms with E-state index in [9.17, 15) is 18.0 Å². The molecule has 0 saturated heterocycles. The third kappa shape index (κ3) is 5.79. The Morgan fingerprint density at radius 1 is 1.18 bits per heavy atom. The molecule has 4 rings (SSSR count). The molecular formula is C24H20ClF3N4O2. The van der Waals surface area contributed by atoms with E-state index in [1.165, 1.54) is 12.1 Å². The number of nitrogens with one attached hydrogen (secondary N) is 1. The van der Waals surface area contributed by atoms with E-state index >= 15 is 0 Å². The Morgan fingerprint density at radius 3 is 2.65 bits per heavy atom. The largest absolute Gasteiger partial charge is 0.573 e. The number of carbonyl (C=O) groups is 1. The van der Waals surface area contributed by atoms with Crippen LogP contribution in [0.3, 0.4) is 0 Å². The van der Waals surface area contributed by atoms with E-state index in [1.54, 1.807) is 48.8 Å². The topological polar surface area (TPSA) is 57.7 Å². The van der Waals surface area contributed by atoms with Gasteiger partial charge in [-0.25, -0.2) is 0 Å². The van der Waals surface area contributed by atoms with Crippen molar-refractivity contribution in [3.8, 4) is 5.75 Å². The molecule has 0 saturated carbocycles. The Balaban J connectivity index is 1.44. The Hall–Kier alpha value is -3.72. The number of aromatic nitrogens is 1. The van der Waals surface area contributed by atoms with Gasteiger partial charge in [0, 0.05) is 40.9 Å². The molecule has 1 amide bonds. The lowest BCUT2D eigenvalue weighted by atomic mass is 10.1. The number of benzene rings is 2. The summed E-state index contributed by atoms with van der Waals surface area (Å²) in [4.78, 5) is 20.8. The molecule has 2 aromatic carbocycles. The van der Waals surface area contributed by atoms with Gasteiger partial charge in [0.15, 0.2) is 0 Å². The lowest BCUT2D eigenvalue weighted by molar-refractivity contribution is -0.274. The average molecular weight is 489 g/mol. The van der Waals surface area contributed by atoms with Crippen LogP contribution in [0.1, 0.15) is 22.8 Å². The first-order valence-electron chi connectivity index (χ1n) is 10.2. The number of ether oxygens (including phenoxy) is 1. The minimum atomic E-state index is -4.73. The van der Waals surface area contributed by atoms with Gasteiger partial charge in [0.1, 0.15) is 5.75 Å². The third-order valence-electron chi connectivity index (χ3n) is 5.17. The number of rotatable bonds is 6. The van der Waals surface area contributed by atoms with Gasteiger partial charge >= 0.3 is 6.36 Å². The normalized spacial score (nSPS) is 13.6. The molecule has 0 atom stereocenters. The van der Waals surface area contributed by atoms with E-state index in [-0.39, 0.29) is 11.7 Å². The van der Waals surface area contributed by atoms with Crippen molar-refractivity contribution in [1.29, 1.82) is 0 Å². The van der Waals surface area contributed by atoms with Crippen molar-refractivity contribution in [2.24, 2.45) is 0 Å². The van der Waals surface area contributed by atoms with Gasteiger partial charge in [0.25, 0.3) is 5.91 Å². The van der Waals surface area contributed by atoms with Crippen molar-refractivity contribution >= 4 is 28.9 Å². The fourth-order valence-corrected chi connectivity index (χ4v) is 3.71. The fraction of sp³-hybridized carbons (Fsp3) is 0.167. The molecule has 1 N–H and O–H groups in total. The van der Waals surface area contributed by atoms with Crippen LogP contribution in [0.4, 0.5) is 24.5 Å². The van der Waals surface area contributed by atoms with Crippen molar-refractivity contribution in [2.75, 3.05) is 16.9 Å². The molecule has 2 heterocycles. The van der Waals surface area contributed by atoms with Gasteiger partial charge in [0.05, 0.1) is 18.6 Å². The van der Waals surface area contributed by atoms with Crippen molar-refractivity contribution in [3.63, 3.8) is 0 Å². The standard InChI is InChI=1S/C24H20ClF3N4O2/c1-16-13-32(20-5-7-21(8-6-20)34-24(26,27)28)15-31(16)14-18-9-10-29-12-22(18)30-23(33)17-3-2-4-19(25)11-17/h2-13H,14-15H2,1H3,(H,30,33). The fourth-order valence-electron chi connectivity index (χ4n) is 3.52. The van der Waals surface area contributed by atoms with Crippen molar-refractivity contribution in [1.82, 2.24) is 9.88 Å². The zero-order chi connectivity index (χ0) is 24.3. The lowest BCUT2D eigenvalue weighted by Crippen LogP contribution is -2.26. The highest BCUT2D eigenvalue weighted by atomic mass is 35.5. The number of hydrogen-bond donors (Lipinski definition) is 1. The summed E-state index contributed by atoms with van der Waals surface area (Å²) in [7, 11) is 0. The van der Waals surface area contributed by atoms with Crippen molar-refractivity contribution < 1.29 is 22.7 Å². The van der Waals surface area contributed by atoms with Gasteiger partial charge in [0.2, 0.25) is 0 Å². The van der Waals surface area contributed by atoms with E-state index in [2.05, 4.69) is 19.9 Å². The summed E-state index contributed by atoms with van der Waals surface area (Å²) < 4.78 is 41.1. The SMILES string of the molecule is CC1=CN(c2ccc(OC(F)(F)F)cc2)CN1Cc1ccncc1NC(=O)c1cccc(Cl)c1. The van der Waals surface area contributed by atoms with Gasteiger partial charge in [-0.3, -0.25) is 9.78 Å². The van der Waals surface area contributed by atoms with Gasteiger partial charge in [-0.05, 0) is 61.0 Å². The summed E-state index contributed by atoms with van der Waals surface area (Å²) in [5.41, 5.74) is 3.55. The smallest absolute Gasteiger partial charge is 0.406 e. The molecule has 6 nitrogen and oxygen atoms in total. The molecule has 1 aliphatic rings. The second-order valence-corrected chi connectivity index (χ2v) is 8.06. The highest BCUT2D eigenvalue weighted by Crippen LogP contribution is 2.29. The van der Waals surface area contributed by atoms with Gasteiger partial charge < -0.3 is 19.9 Å². The summed E-state index contributed by atoms with van der Waals surface area (Å²) in [5.74, 6) is -0.571. The number of amides is 1. The summed E-state index contributed by atoms with van der Waals surface area (Å²) >= 11 is 5.99. The minimum Gasteiger partial charge on any atom is -0.406 e. The lowest BCUT2D eigenvalue weighted by Gasteiger charge is -2.24. The van der Waals surface area contributed by atoms with Crippen LogP contribution in [0.15, 0.2) is 78.9 Å². The molecule has 0 bridgehead atoms. The van der Waals surface area contributed by atoms with Crippen LogP contribution in [-0.4, -0.2) is 28.8 Å². The number of alkyl halides is 3. The first-order valence-corrected chi connectivity index (χ1v) is 10.6. The number of allylic oxidation sites excluding steroid dienone is 1.